The quantitative estimate of drug-likeness (QED) is 0.585. The van der Waals surface area contributed by atoms with Crippen LogP contribution in [0.15, 0.2) is 0 Å². The van der Waals surface area contributed by atoms with Crippen molar-refractivity contribution in [2.45, 2.75) is 12.3 Å². The lowest BCUT2D eigenvalue weighted by atomic mass is 10.5. The third-order valence-corrected chi connectivity index (χ3v) is 5.11. The van der Waals surface area contributed by atoms with E-state index in [-0.39, 0.29) is 7.35 Å². The van der Waals surface area contributed by atoms with Crippen LogP contribution in [0.2, 0.25) is 0 Å². The highest BCUT2D eigenvalue weighted by atomic mass is 32.7. The number of methoxy groups -OCH3 is 1. The van der Waals surface area contributed by atoms with E-state index >= 15 is 0 Å². The molecule has 0 aromatic carbocycles. The molecule has 2 atom stereocenters. The van der Waals surface area contributed by atoms with Crippen LogP contribution in [0, 0.1) is 0 Å². The summed E-state index contributed by atoms with van der Waals surface area (Å²) >= 11 is 1.78. The Morgan fingerprint density at radius 2 is 2.56 bits per heavy atom. The Morgan fingerprint density at radius 1 is 1.78 bits per heavy atom. The molecule has 0 radical (unpaired) electrons. The lowest BCUT2D eigenvalue weighted by molar-refractivity contribution is 0.169. The van der Waals surface area contributed by atoms with Gasteiger partial charge in [-0.15, -0.1) is 11.4 Å². The first-order chi connectivity index (χ1) is 4.38. The van der Waals surface area contributed by atoms with Crippen LogP contribution in [0.5, 0.6) is 0 Å². The van der Waals surface area contributed by atoms with Gasteiger partial charge < -0.3 is 9.26 Å². The monoisotopic (exact) mass is 166 g/mol. The fraction of sp³-hybridized carbons (Fsp3) is 1.00. The third kappa shape index (κ3) is 1.81. The summed E-state index contributed by atoms with van der Waals surface area (Å²) in [6, 6.07) is 0. The molecule has 1 fully saturated rings. The van der Waals surface area contributed by atoms with E-state index in [1.165, 1.54) is 0 Å². The molecule has 0 aliphatic carbocycles. The molecule has 0 aromatic heterocycles. The van der Waals surface area contributed by atoms with Crippen molar-refractivity contribution in [1.82, 2.24) is 0 Å². The second-order valence-corrected chi connectivity index (χ2v) is 5.73. The molecule has 1 rings (SSSR count). The molecule has 0 amide bonds. The molecule has 9 heavy (non-hydrogen) atoms. The van der Waals surface area contributed by atoms with Crippen molar-refractivity contribution in [3.8, 4) is 0 Å². The first kappa shape index (κ1) is 7.80. The molecule has 1 heterocycles. The molecule has 0 saturated carbocycles. The van der Waals surface area contributed by atoms with Crippen LogP contribution < -0.4 is 0 Å². The molecular weight excluding hydrogens is 155 g/mol. The molecule has 4 heteroatoms. The van der Waals surface area contributed by atoms with E-state index in [0.29, 0.717) is 5.85 Å². The Morgan fingerprint density at radius 3 is 3.00 bits per heavy atom. The third-order valence-electron chi connectivity index (χ3n) is 1.27. The van der Waals surface area contributed by atoms with Gasteiger partial charge in [0.05, 0.1) is 6.61 Å². The predicted octanol–water partition coefficient (Wildman–Crippen LogP) is 2.05. The molecule has 0 bridgehead atoms. The zero-order valence-electron chi connectivity index (χ0n) is 5.66. The van der Waals surface area contributed by atoms with Gasteiger partial charge in [0.1, 0.15) is 13.2 Å². The maximum atomic E-state index is 5.41. The van der Waals surface area contributed by atoms with Crippen LogP contribution >= 0.6 is 18.7 Å². The largest absolute Gasteiger partial charge is 0.374 e. The van der Waals surface area contributed by atoms with Crippen molar-refractivity contribution in [3.05, 3.63) is 0 Å². The van der Waals surface area contributed by atoms with Crippen molar-refractivity contribution < 1.29 is 9.26 Å². The summed E-state index contributed by atoms with van der Waals surface area (Å²) in [5.41, 5.74) is 0. The summed E-state index contributed by atoms with van der Waals surface area (Å²) in [5, 5.41) is 0. The molecule has 0 N–H and O–H groups in total. The smallest absolute Gasteiger partial charge is 0.118 e. The Balaban J connectivity index is 2.32. The first-order valence-electron chi connectivity index (χ1n) is 2.87. The molecule has 1 aliphatic rings. The number of hydrogen-bond acceptors (Lipinski definition) is 3. The van der Waals surface area contributed by atoms with Crippen LogP contribution in [-0.4, -0.2) is 25.8 Å². The predicted molar refractivity (Wildman–Crippen MR) is 41.8 cm³/mol. The maximum absolute atomic E-state index is 5.41. The van der Waals surface area contributed by atoms with Crippen LogP contribution in [-0.2, 0) is 9.26 Å². The zero-order chi connectivity index (χ0) is 6.69. The molecule has 0 spiro atoms. The van der Waals surface area contributed by atoms with Gasteiger partial charge in [0, 0.05) is 13.5 Å². The summed E-state index contributed by atoms with van der Waals surface area (Å²) < 4.78 is 10.6. The maximum Gasteiger partial charge on any atom is 0.118 e. The standard InChI is InChI=1S/C5H11O2PS/c1-6-5-3-4-7-8(5)9-2/h5H,3-4H2,1-2H3. The van der Waals surface area contributed by atoms with Crippen LogP contribution in [0.4, 0.5) is 0 Å². The van der Waals surface area contributed by atoms with Crippen LogP contribution in [0.3, 0.4) is 0 Å². The summed E-state index contributed by atoms with van der Waals surface area (Å²) in [7, 11) is 1.44. The van der Waals surface area contributed by atoms with E-state index in [0.717, 1.165) is 13.0 Å². The van der Waals surface area contributed by atoms with E-state index in [1.807, 2.05) is 0 Å². The van der Waals surface area contributed by atoms with E-state index in [9.17, 15) is 0 Å². The molecule has 1 saturated heterocycles. The summed E-state index contributed by atoms with van der Waals surface area (Å²) in [4.78, 5) is 0. The van der Waals surface area contributed by atoms with E-state index in [2.05, 4.69) is 6.26 Å². The number of rotatable bonds is 2. The van der Waals surface area contributed by atoms with Gasteiger partial charge in [0.25, 0.3) is 0 Å². The number of hydrogen-bond donors (Lipinski definition) is 0. The van der Waals surface area contributed by atoms with Crippen molar-refractivity contribution in [3.63, 3.8) is 0 Å². The van der Waals surface area contributed by atoms with Crippen LogP contribution in [0.1, 0.15) is 6.42 Å². The number of ether oxygens (including phenoxy) is 1. The zero-order valence-corrected chi connectivity index (χ0v) is 7.37. The van der Waals surface area contributed by atoms with Crippen molar-refractivity contribution >= 4 is 18.7 Å². The van der Waals surface area contributed by atoms with Gasteiger partial charge in [-0.25, -0.2) is 0 Å². The van der Waals surface area contributed by atoms with Gasteiger partial charge in [-0.1, -0.05) is 0 Å². The fourth-order valence-corrected chi connectivity index (χ4v) is 3.91. The van der Waals surface area contributed by atoms with Gasteiger partial charge in [-0.3, -0.25) is 0 Å². The van der Waals surface area contributed by atoms with Crippen molar-refractivity contribution in [2.24, 2.45) is 0 Å². The summed E-state index contributed by atoms with van der Waals surface area (Å²) in [5.74, 6) is 0.384. The Bertz CT molecular complexity index is 81.0. The highest BCUT2D eigenvalue weighted by Gasteiger charge is 2.27. The van der Waals surface area contributed by atoms with Gasteiger partial charge in [0.2, 0.25) is 0 Å². The van der Waals surface area contributed by atoms with Crippen LogP contribution in [0.25, 0.3) is 0 Å². The lowest BCUT2D eigenvalue weighted by Crippen LogP contribution is -1.99. The highest BCUT2D eigenvalue weighted by Crippen LogP contribution is 2.58. The SMILES string of the molecule is COC1CCOP1SC. The molecule has 2 unspecified atom stereocenters. The topological polar surface area (TPSA) is 18.5 Å². The average molecular weight is 166 g/mol. The summed E-state index contributed by atoms with van der Waals surface area (Å²) in [6.07, 6.45) is 3.14. The fourth-order valence-electron chi connectivity index (χ4n) is 0.806. The minimum atomic E-state index is -0.312. The van der Waals surface area contributed by atoms with E-state index in [4.69, 9.17) is 9.26 Å². The highest BCUT2D eigenvalue weighted by molar-refractivity contribution is 8.54. The molecule has 1 aliphatic heterocycles. The minimum absolute atomic E-state index is 0.312. The van der Waals surface area contributed by atoms with E-state index < -0.39 is 0 Å². The Kier molecular flexibility index (Phi) is 3.27. The Hall–Kier alpha value is 0.700. The molecule has 54 valence electrons. The molecule has 2 nitrogen and oxygen atoms in total. The second-order valence-electron chi connectivity index (χ2n) is 1.78. The van der Waals surface area contributed by atoms with Crippen molar-refractivity contribution in [2.75, 3.05) is 20.0 Å². The van der Waals surface area contributed by atoms with Gasteiger partial charge in [-0.05, 0) is 6.26 Å². The molecule has 0 aromatic rings. The van der Waals surface area contributed by atoms with Crippen molar-refractivity contribution in [1.29, 1.82) is 0 Å². The normalized spacial score (nSPS) is 35.3. The first-order valence-corrected chi connectivity index (χ1v) is 6.03. The second kappa shape index (κ2) is 3.77. The van der Waals surface area contributed by atoms with Gasteiger partial charge >= 0.3 is 0 Å². The Labute approximate surface area is 60.9 Å². The lowest BCUT2D eigenvalue weighted by Gasteiger charge is -2.12. The average Bonchev–Trinajstić information content (AvgIpc) is 2.33. The van der Waals surface area contributed by atoms with E-state index in [1.54, 1.807) is 18.5 Å². The molecular formula is C5H11O2PS. The van der Waals surface area contributed by atoms with Gasteiger partial charge in [-0.2, -0.15) is 0 Å². The summed E-state index contributed by atoms with van der Waals surface area (Å²) in [6.45, 7) is 0.880. The van der Waals surface area contributed by atoms with Gasteiger partial charge in [0.15, 0.2) is 0 Å². The minimum Gasteiger partial charge on any atom is -0.374 e.